The Hall–Kier alpha value is -2.54. The van der Waals surface area contributed by atoms with Gasteiger partial charge < -0.3 is 9.72 Å². The van der Waals surface area contributed by atoms with Gasteiger partial charge in [-0.15, -0.1) is 0 Å². The largest absolute Gasteiger partial charge is 0.462 e. The van der Waals surface area contributed by atoms with Gasteiger partial charge in [-0.3, -0.25) is 0 Å². The maximum Gasteiger partial charge on any atom is 0.339 e. The van der Waals surface area contributed by atoms with E-state index in [0.29, 0.717) is 29.8 Å². The standard InChI is InChI=1S/C15H14N2O2/c1-11-13(10-17-14(11)9-16)15(18)19-8-7-12-5-3-2-4-6-12/h2-6,10,17H,7-8H2,1H3. The molecule has 0 radical (unpaired) electrons. The summed E-state index contributed by atoms with van der Waals surface area (Å²) in [5.41, 5.74) is 2.57. The molecule has 0 aliphatic heterocycles. The summed E-state index contributed by atoms with van der Waals surface area (Å²) in [6.07, 6.45) is 2.19. The van der Waals surface area contributed by atoms with Gasteiger partial charge >= 0.3 is 5.97 Å². The van der Waals surface area contributed by atoms with Crippen LogP contribution in [0.15, 0.2) is 36.5 Å². The Labute approximate surface area is 111 Å². The Morgan fingerprint density at radius 2 is 2.11 bits per heavy atom. The van der Waals surface area contributed by atoms with Crippen molar-refractivity contribution < 1.29 is 9.53 Å². The van der Waals surface area contributed by atoms with E-state index in [1.54, 1.807) is 6.92 Å². The summed E-state index contributed by atoms with van der Waals surface area (Å²) in [5, 5.41) is 8.80. The summed E-state index contributed by atoms with van der Waals surface area (Å²) in [5.74, 6) is -0.397. The van der Waals surface area contributed by atoms with Crippen molar-refractivity contribution in [2.45, 2.75) is 13.3 Å². The second kappa shape index (κ2) is 5.87. The molecule has 1 heterocycles. The van der Waals surface area contributed by atoms with Crippen molar-refractivity contribution in [3.05, 3.63) is 58.9 Å². The molecule has 0 amide bonds. The minimum Gasteiger partial charge on any atom is -0.462 e. The molecular formula is C15H14N2O2. The number of H-pyrrole nitrogens is 1. The van der Waals surface area contributed by atoms with E-state index >= 15 is 0 Å². The van der Waals surface area contributed by atoms with Crippen LogP contribution in [0.3, 0.4) is 0 Å². The molecule has 96 valence electrons. The third kappa shape index (κ3) is 3.02. The molecule has 0 aliphatic rings. The van der Waals surface area contributed by atoms with Crippen molar-refractivity contribution >= 4 is 5.97 Å². The maximum absolute atomic E-state index is 11.8. The number of carbonyl (C=O) groups excluding carboxylic acids is 1. The van der Waals surface area contributed by atoms with Gasteiger partial charge in [0.15, 0.2) is 0 Å². The second-order valence-corrected chi connectivity index (χ2v) is 4.19. The molecule has 0 aliphatic carbocycles. The molecule has 0 bridgehead atoms. The minimum atomic E-state index is -0.397. The minimum absolute atomic E-state index is 0.329. The van der Waals surface area contributed by atoms with Crippen LogP contribution < -0.4 is 0 Å². The highest BCUT2D eigenvalue weighted by Gasteiger charge is 2.14. The Balaban J connectivity index is 1.91. The highest BCUT2D eigenvalue weighted by molar-refractivity contribution is 5.91. The summed E-state index contributed by atoms with van der Waals surface area (Å²) in [6.45, 7) is 2.05. The first kappa shape index (κ1) is 12.9. The molecule has 0 saturated carbocycles. The molecule has 0 unspecified atom stereocenters. The van der Waals surface area contributed by atoms with Gasteiger partial charge in [0.05, 0.1) is 12.2 Å². The first-order chi connectivity index (χ1) is 9.22. The molecule has 0 saturated heterocycles. The van der Waals surface area contributed by atoms with Crippen molar-refractivity contribution in [3.63, 3.8) is 0 Å². The Morgan fingerprint density at radius 1 is 1.37 bits per heavy atom. The number of nitriles is 1. The lowest BCUT2D eigenvalue weighted by atomic mass is 10.1. The maximum atomic E-state index is 11.8. The van der Waals surface area contributed by atoms with Gasteiger partial charge in [-0.2, -0.15) is 5.26 Å². The Morgan fingerprint density at radius 3 is 2.74 bits per heavy atom. The van der Waals surface area contributed by atoms with Gasteiger partial charge in [-0.1, -0.05) is 30.3 Å². The van der Waals surface area contributed by atoms with Crippen LogP contribution in [0.5, 0.6) is 0 Å². The zero-order chi connectivity index (χ0) is 13.7. The highest BCUT2D eigenvalue weighted by atomic mass is 16.5. The summed E-state index contributed by atoms with van der Waals surface area (Å²) in [6, 6.07) is 11.8. The van der Waals surface area contributed by atoms with E-state index in [0.717, 1.165) is 5.56 Å². The van der Waals surface area contributed by atoms with Crippen molar-refractivity contribution in [1.82, 2.24) is 4.98 Å². The number of rotatable bonds is 4. The van der Waals surface area contributed by atoms with Gasteiger partial charge in [0.2, 0.25) is 0 Å². The first-order valence-electron chi connectivity index (χ1n) is 6.01. The number of hydrogen-bond donors (Lipinski definition) is 1. The summed E-state index contributed by atoms with van der Waals surface area (Å²) in [7, 11) is 0. The molecule has 0 fully saturated rings. The van der Waals surface area contributed by atoms with Crippen LogP contribution in [0, 0.1) is 18.3 Å². The fraction of sp³-hybridized carbons (Fsp3) is 0.200. The topological polar surface area (TPSA) is 65.9 Å². The molecular weight excluding hydrogens is 240 g/mol. The van der Waals surface area contributed by atoms with E-state index in [-0.39, 0.29) is 0 Å². The van der Waals surface area contributed by atoms with E-state index in [2.05, 4.69) is 4.98 Å². The van der Waals surface area contributed by atoms with E-state index in [1.807, 2.05) is 36.4 Å². The quantitative estimate of drug-likeness (QED) is 0.853. The first-order valence-corrected chi connectivity index (χ1v) is 6.01. The molecule has 19 heavy (non-hydrogen) atoms. The molecule has 4 nitrogen and oxygen atoms in total. The van der Waals surface area contributed by atoms with Crippen molar-refractivity contribution in [3.8, 4) is 6.07 Å². The molecule has 1 N–H and O–H groups in total. The number of benzene rings is 1. The Kier molecular flexibility index (Phi) is 3.99. The number of carbonyl (C=O) groups is 1. The number of ether oxygens (including phenoxy) is 1. The molecule has 4 heteroatoms. The van der Waals surface area contributed by atoms with Gasteiger partial charge in [0.25, 0.3) is 0 Å². The number of nitrogens with zero attached hydrogens (tertiary/aromatic N) is 1. The lowest BCUT2D eigenvalue weighted by Gasteiger charge is -2.04. The van der Waals surface area contributed by atoms with Crippen LogP contribution in [0.1, 0.15) is 27.2 Å². The predicted octanol–water partition coefficient (Wildman–Crippen LogP) is 2.59. The molecule has 2 aromatic rings. The van der Waals surface area contributed by atoms with Gasteiger partial charge in [0, 0.05) is 12.6 Å². The predicted molar refractivity (Wildman–Crippen MR) is 70.7 cm³/mol. The smallest absolute Gasteiger partial charge is 0.339 e. The van der Waals surface area contributed by atoms with E-state index in [4.69, 9.17) is 10.00 Å². The van der Waals surface area contributed by atoms with Crippen LogP contribution >= 0.6 is 0 Å². The summed E-state index contributed by atoms with van der Waals surface area (Å²) < 4.78 is 5.20. The fourth-order valence-electron chi connectivity index (χ4n) is 1.81. The van der Waals surface area contributed by atoms with E-state index in [9.17, 15) is 4.79 Å². The van der Waals surface area contributed by atoms with Crippen LogP contribution in [-0.4, -0.2) is 17.6 Å². The second-order valence-electron chi connectivity index (χ2n) is 4.19. The molecule has 1 aromatic heterocycles. The summed E-state index contributed by atoms with van der Waals surface area (Å²) in [4.78, 5) is 14.6. The SMILES string of the molecule is Cc1c(C(=O)OCCc2ccccc2)c[nH]c1C#N. The van der Waals surface area contributed by atoms with Gasteiger partial charge in [-0.05, 0) is 18.1 Å². The normalized spacial score (nSPS) is 9.89. The lowest BCUT2D eigenvalue weighted by Crippen LogP contribution is -2.08. The highest BCUT2D eigenvalue weighted by Crippen LogP contribution is 2.13. The number of aromatic nitrogens is 1. The van der Waals surface area contributed by atoms with Crippen LogP contribution in [-0.2, 0) is 11.2 Å². The molecule has 1 aromatic carbocycles. The zero-order valence-corrected chi connectivity index (χ0v) is 10.6. The lowest BCUT2D eigenvalue weighted by molar-refractivity contribution is 0.0508. The third-order valence-corrected chi connectivity index (χ3v) is 2.94. The number of nitrogens with one attached hydrogen (secondary N) is 1. The number of aromatic amines is 1. The van der Waals surface area contributed by atoms with Gasteiger partial charge in [-0.25, -0.2) is 4.79 Å². The van der Waals surface area contributed by atoms with Gasteiger partial charge in [0.1, 0.15) is 11.8 Å². The third-order valence-electron chi connectivity index (χ3n) is 2.94. The molecule has 2 rings (SSSR count). The average molecular weight is 254 g/mol. The van der Waals surface area contributed by atoms with Crippen LogP contribution in [0.2, 0.25) is 0 Å². The average Bonchev–Trinajstić information content (AvgIpc) is 2.81. The van der Waals surface area contributed by atoms with E-state index in [1.165, 1.54) is 6.20 Å². The van der Waals surface area contributed by atoms with Crippen molar-refractivity contribution in [2.24, 2.45) is 0 Å². The summed E-state index contributed by atoms with van der Waals surface area (Å²) >= 11 is 0. The molecule has 0 spiro atoms. The van der Waals surface area contributed by atoms with Crippen LogP contribution in [0.25, 0.3) is 0 Å². The fourth-order valence-corrected chi connectivity index (χ4v) is 1.81. The van der Waals surface area contributed by atoms with Crippen molar-refractivity contribution in [2.75, 3.05) is 6.61 Å². The Bertz CT molecular complexity index is 609. The number of esters is 1. The zero-order valence-electron chi connectivity index (χ0n) is 10.6. The monoisotopic (exact) mass is 254 g/mol. The molecule has 0 atom stereocenters. The van der Waals surface area contributed by atoms with Crippen molar-refractivity contribution in [1.29, 1.82) is 5.26 Å². The van der Waals surface area contributed by atoms with E-state index < -0.39 is 5.97 Å². The number of hydrogen-bond acceptors (Lipinski definition) is 3. The van der Waals surface area contributed by atoms with Crippen LogP contribution in [0.4, 0.5) is 0 Å².